The molecule has 1 N–H and O–H groups in total. The van der Waals surface area contributed by atoms with E-state index in [1.807, 2.05) is 22.8 Å². The van der Waals surface area contributed by atoms with Crippen molar-refractivity contribution in [2.45, 2.75) is 30.2 Å². The van der Waals surface area contributed by atoms with E-state index in [0.717, 1.165) is 31.6 Å². The Balaban J connectivity index is 1.58. The highest BCUT2D eigenvalue weighted by Crippen LogP contribution is 2.33. The number of anilines is 2. The van der Waals surface area contributed by atoms with Crippen LogP contribution < -0.4 is 10.2 Å². The Morgan fingerprint density at radius 2 is 1.94 bits per heavy atom. The van der Waals surface area contributed by atoms with E-state index < -0.39 is 10.2 Å². The van der Waals surface area contributed by atoms with Gasteiger partial charge in [0.05, 0.1) is 20.9 Å². The minimum absolute atomic E-state index is 0.0863. The van der Waals surface area contributed by atoms with E-state index in [9.17, 15) is 14.9 Å². The van der Waals surface area contributed by atoms with Gasteiger partial charge < -0.3 is 10.2 Å². The topological polar surface area (TPSA) is 106 Å². The van der Waals surface area contributed by atoms with Crippen molar-refractivity contribution in [1.82, 2.24) is 14.8 Å². The van der Waals surface area contributed by atoms with Gasteiger partial charge in [0.15, 0.2) is 5.16 Å². The van der Waals surface area contributed by atoms with Crippen LogP contribution in [0.25, 0.3) is 5.69 Å². The molecular formula is C21H21ClN6O3S. The van der Waals surface area contributed by atoms with Crippen molar-refractivity contribution < 1.29 is 9.72 Å². The first-order chi connectivity index (χ1) is 15.4. The number of nitrogens with zero attached hydrogens (tertiary/aromatic N) is 5. The van der Waals surface area contributed by atoms with Crippen molar-refractivity contribution in [1.29, 1.82) is 0 Å². The zero-order valence-electron chi connectivity index (χ0n) is 17.3. The number of nitro benzene ring substituents is 1. The maximum Gasteiger partial charge on any atom is 0.271 e. The Labute approximate surface area is 193 Å². The molecule has 1 unspecified atom stereocenters. The summed E-state index contributed by atoms with van der Waals surface area (Å²) in [4.78, 5) is 25.4. The van der Waals surface area contributed by atoms with Gasteiger partial charge in [-0.2, -0.15) is 0 Å². The highest BCUT2D eigenvalue weighted by Gasteiger charge is 2.26. The second kappa shape index (κ2) is 9.58. The second-order valence-electron chi connectivity index (χ2n) is 7.32. The van der Waals surface area contributed by atoms with Gasteiger partial charge in [-0.05, 0) is 38.0 Å². The molecule has 1 fully saturated rings. The summed E-state index contributed by atoms with van der Waals surface area (Å²) in [5.41, 5.74) is 1.02. The Morgan fingerprint density at radius 1 is 1.19 bits per heavy atom. The normalized spacial score (nSPS) is 14.4. The van der Waals surface area contributed by atoms with Gasteiger partial charge in [0.2, 0.25) is 11.9 Å². The van der Waals surface area contributed by atoms with Crippen LogP contribution in [0.3, 0.4) is 0 Å². The zero-order chi connectivity index (χ0) is 22.7. The molecule has 2 heterocycles. The second-order valence-corrected chi connectivity index (χ2v) is 9.04. The highest BCUT2D eigenvalue weighted by atomic mass is 35.5. The molecule has 1 aromatic heterocycles. The fourth-order valence-electron chi connectivity index (χ4n) is 3.46. The van der Waals surface area contributed by atoms with Crippen LogP contribution in [-0.4, -0.2) is 43.9 Å². The van der Waals surface area contributed by atoms with E-state index in [0.29, 0.717) is 21.8 Å². The molecule has 0 spiro atoms. The first kappa shape index (κ1) is 22.1. The Morgan fingerprint density at radius 3 is 2.66 bits per heavy atom. The number of nitro groups is 1. The molecule has 32 heavy (non-hydrogen) atoms. The molecule has 0 aliphatic carbocycles. The summed E-state index contributed by atoms with van der Waals surface area (Å²) >= 11 is 7.72. The molecule has 11 heteroatoms. The lowest BCUT2D eigenvalue weighted by Gasteiger charge is -2.19. The number of non-ortho nitro benzene ring substituents is 1. The predicted molar refractivity (Wildman–Crippen MR) is 125 cm³/mol. The summed E-state index contributed by atoms with van der Waals surface area (Å²) in [6.45, 7) is 3.52. The number of benzene rings is 2. The average molecular weight is 473 g/mol. The monoisotopic (exact) mass is 472 g/mol. The van der Waals surface area contributed by atoms with Gasteiger partial charge >= 0.3 is 0 Å². The third kappa shape index (κ3) is 4.71. The number of halogens is 1. The fourth-order valence-corrected chi connectivity index (χ4v) is 4.53. The molecule has 4 rings (SSSR count). The van der Waals surface area contributed by atoms with Crippen LogP contribution in [0.1, 0.15) is 19.8 Å². The first-order valence-electron chi connectivity index (χ1n) is 10.1. The lowest BCUT2D eigenvalue weighted by atomic mass is 10.2. The maximum atomic E-state index is 12.8. The first-order valence-corrected chi connectivity index (χ1v) is 11.4. The lowest BCUT2D eigenvalue weighted by molar-refractivity contribution is -0.384. The van der Waals surface area contributed by atoms with E-state index in [2.05, 4.69) is 20.4 Å². The number of thioether (sulfide) groups is 1. The molecule has 2 aromatic carbocycles. The quantitative estimate of drug-likeness (QED) is 0.305. The summed E-state index contributed by atoms with van der Waals surface area (Å²) in [7, 11) is 0. The van der Waals surface area contributed by atoms with Crippen molar-refractivity contribution in [3.8, 4) is 5.69 Å². The van der Waals surface area contributed by atoms with Gasteiger partial charge in [0.1, 0.15) is 0 Å². The van der Waals surface area contributed by atoms with Crippen LogP contribution in [0.4, 0.5) is 17.3 Å². The van der Waals surface area contributed by atoms with Gasteiger partial charge in [-0.1, -0.05) is 41.6 Å². The van der Waals surface area contributed by atoms with Crippen molar-refractivity contribution in [2.75, 3.05) is 23.3 Å². The number of aromatic nitrogens is 3. The Kier molecular flexibility index (Phi) is 6.61. The standard InChI is InChI=1S/C21H21ClN6O3S/c1-14(19(29)23-15-7-6-8-16(13-15)28(30)31)32-21-25-24-20(26-11-4-5-12-26)27(21)18-10-3-2-9-17(18)22/h2-3,6-10,13-14H,4-5,11-12H2,1H3,(H,23,29). The molecule has 1 atom stereocenters. The molecule has 1 aliphatic rings. The van der Waals surface area contributed by atoms with Crippen molar-refractivity contribution in [3.05, 3.63) is 63.7 Å². The van der Waals surface area contributed by atoms with Gasteiger partial charge in [-0.3, -0.25) is 19.5 Å². The molecule has 1 aliphatic heterocycles. The van der Waals surface area contributed by atoms with Crippen LogP contribution in [0.5, 0.6) is 0 Å². The van der Waals surface area contributed by atoms with E-state index >= 15 is 0 Å². The number of para-hydroxylation sites is 1. The minimum Gasteiger partial charge on any atom is -0.341 e. The van der Waals surface area contributed by atoms with Crippen LogP contribution in [-0.2, 0) is 4.79 Å². The smallest absolute Gasteiger partial charge is 0.271 e. The molecule has 1 amide bonds. The molecule has 0 radical (unpaired) electrons. The fraction of sp³-hybridized carbons (Fsp3) is 0.286. The summed E-state index contributed by atoms with van der Waals surface area (Å²) in [5, 5.41) is 23.0. The predicted octanol–water partition coefficient (Wildman–Crippen LogP) is 4.55. The van der Waals surface area contributed by atoms with Crippen molar-refractivity contribution >= 4 is 46.6 Å². The number of rotatable bonds is 7. The van der Waals surface area contributed by atoms with E-state index in [4.69, 9.17) is 11.6 Å². The average Bonchev–Trinajstić information content (AvgIpc) is 3.44. The zero-order valence-corrected chi connectivity index (χ0v) is 18.8. The van der Waals surface area contributed by atoms with Crippen molar-refractivity contribution in [3.63, 3.8) is 0 Å². The number of amides is 1. The van der Waals surface area contributed by atoms with E-state index in [1.54, 1.807) is 19.1 Å². The van der Waals surface area contributed by atoms with Crippen LogP contribution in [0.2, 0.25) is 5.02 Å². The highest BCUT2D eigenvalue weighted by molar-refractivity contribution is 8.00. The molecule has 3 aromatic rings. The summed E-state index contributed by atoms with van der Waals surface area (Å²) in [6, 6.07) is 13.3. The molecule has 0 saturated carbocycles. The number of carbonyl (C=O) groups excluding carboxylic acids is 1. The van der Waals surface area contributed by atoms with E-state index in [-0.39, 0.29) is 11.6 Å². The summed E-state index contributed by atoms with van der Waals surface area (Å²) < 4.78 is 1.88. The molecule has 0 bridgehead atoms. The van der Waals surface area contributed by atoms with Gasteiger partial charge in [0.25, 0.3) is 5.69 Å². The Hall–Kier alpha value is -3.11. The molecule has 9 nitrogen and oxygen atoms in total. The molecule has 1 saturated heterocycles. The number of carbonyl (C=O) groups is 1. The largest absolute Gasteiger partial charge is 0.341 e. The maximum absolute atomic E-state index is 12.8. The SMILES string of the molecule is CC(Sc1nnc(N2CCCC2)n1-c1ccccc1Cl)C(=O)Nc1cccc([N+](=O)[O-])c1. The van der Waals surface area contributed by atoms with Crippen LogP contribution in [0, 0.1) is 10.1 Å². The van der Waals surface area contributed by atoms with Crippen LogP contribution in [0.15, 0.2) is 53.7 Å². The van der Waals surface area contributed by atoms with Gasteiger partial charge in [0, 0.05) is 30.9 Å². The third-order valence-electron chi connectivity index (χ3n) is 5.07. The third-order valence-corrected chi connectivity index (χ3v) is 6.44. The summed E-state index contributed by atoms with van der Waals surface area (Å²) in [5.74, 6) is 0.399. The number of nitrogens with one attached hydrogen (secondary N) is 1. The number of hydrogen-bond donors (Lipinski definition) is 1. The molecule has 166 valence electrons. The number of hydrogen-bond acceptors (Lipinski definition) is 7. The van der Waals surface area contributed by atoms with Crippen molar-refractivity contribution in [2.24, 2.45) is 0 Å². The molecular weight excluding hydrogens is 452 g/mol. The summed E-state index contributed by atoms with van der Waals surface area (Å²) in [6.07, 6.45) is 2.17. The van der Waals surface area contributed by atoms with Crippen LogP contribution >= 0.6 is 23.4 Å². The Bertz CT molecular complexity index is 1150. The van der Waals surface area contributed by atoms with Gasteiger partial charge in [-0.25, -0.2) is 0 Å². The minimum atomic E-state index is -0.536. The van der Waals surface area contributed by atoms with Gasteiger partial charge in [-0.15, -0.1) is 10.2 Å². The lowest BCUT2D eigenvalue weighted by Crippen LogP contribution is -2.24. The van der Waals surface area contributed by atoms with E-state index in [1.165, 1.54) is 30.0 Å².